The van der Waals surface area contributed by atoms with Crippen LogP contribution in [0, 0.1) is 23.7 Å². The number of carbonyl (C=O) groups is 1. The summed E-state index contributed by atoms with van der Waals surface area (Å²) in [6.07, 6.45) is 15.8. The number of unbranched alkanes of at least 4 members (excludes halogenated alkanes) is 1. The smallest absolute Gasteiger partial charge is 0.162 e. The van der Waals surface area contributed by atoms with Gasteiger partial charge in [0, 0.05) is 28.7 Å². The molecule has 5 rings (SSSR count). The third-order valence-electron chi connectivity index (χ3n) is 8.45. The molecule has 174 valence electrons. The summed E-state index contributed by atoms with van der Waals surface area (Å²) in [5, 5.41) is 2.00. The standard InChI is InChI=1S/C30H36ClNO/c31-27-14-8-21(9-15-27)5-3-6-28-24-11-12-25(28)19-22(18-24)4-1-2-7-30(33)26-13-10-23-16-17-32-29(23)20-26/h8-10,13-17,20,22,24-25,28,32H,1-7,11-12,18-19H2/t22-,24-,25+,28?. The van der Waals surface area contributed by atoms with Gasteiger partial charge in [-0.05, 0) is 110 Å². The Morgan fingerprint density at radius 1 is 0.909 bits per heavy atom. The maximum absolute atomic E-state index is 12.6. The number of aryl methyl sites for hydroxylation is 1. The third-order valence-corrected chi connectivity index (χ3v) is 8.70. The number of carbonyl (C=O) groups excluding carboxylic acids is 1. The van der Waals surface area contributed by atoms with Gasteiger partial charge in [-0.15, -0.1) is 0 Å². The van der Waals surface area contributed by atoms with Crippen molar-refractivity contribution in [2.75, 3.05) is 0 Å². The Balaban J connectivity index is 1.02. The fraction of sp³-hybridized carbons (Fsp3) is 0.500. The van der Waals surface area contributed by atoms with E-state index in [2.05, 4.69) is 17.1 Å². The van der Waals surface area contributed by atoms with E-state index in [1.807, 2.05) is 42.6 Å². The highest BCUT2D eigenvalue weighted by Crippen LogP contribution is 2.51. The zero-order valence-electron chi connectivity index (χ0n) is 19.6. The van der Waals surface area contributed by atoms with Crippen LogP contribution < -0.4 is 0 Å². The van der Waals surface area contributed by atoms with E-state index in [1.165, 1.54) is 68.7 Å². The number of Topliss-reactive ketones (excluding diaryl/α,β-unsaturated/α-hetero) is 1. The highest BCUT2D eigenvalue weighted by atomic mass is 35.5. The van der Waals surface area contributed by atoms with E-state index in [4.69, 9.17) is 11.6 Å². The zero-order chi connectivity index (χ0) is 22.6. The molecule has 3 heteroatoms. The molecule has 33 heavy (non-hydrogen) atoms. The molecule has 3 aromatic rings. The van der Waals surface area contributed by atoms with Crippen LogP contribution in [0.4, 0.5) is 0 Å². The van der Waals surface area contributed by atoms with Gasteiger partial charge in [-0.25, -0.2) is 0 Å². The molecule has 2 bridgehead atoms. The van der Waals surface area contributed by atoms with Crippen molar-refractivity contribution in [3.8, 4) is 0 Å². The molecule has 2 nitrogen and oxygen atoms in total. The van der Waals surface area contributed by atoms with Gasteiger partial charge < -0.3 is 4.98 Å². The van der Waals surface area contributed by atoms with Gasteiger partial charge in [-0.3, -0.25) is 4.79 Å². The number of aromatic nitrogens is 1. The summed E-state index contributed by atoms with van der Waals surface area (Å²) in [4.78, 5) is 15.8. The van der Waals surface area contributed by atoms with Crippen LogP contribution >= 0.6 is 11.6 Å². The Kier molecular flexibility index (Phi) is 7.21. The number of hydrogen-bond donors (Lipinski definition) is 1. The Labute approximate surface area is 203 Å². The zero-order valence-corrected chi connectivity index (χ0v) is 20.3. The van der Waals surface area contributed by atoms with Gasteiger partial charge in [-0.2, -0.15) is 0 Å². The Hall–Kier alpha value is -2.06. The lowest BCUT2D eigenvalue weighted by Gasteiger charge is -2.35. The first kappa shape index (κ1) is 22.7. The van der Waals surface area contributed by atoms with Gasteiger partial charge >= 0.3 is 0 Å². The molecular formula is C30H36ClNO. The summed E-state index contributed by atoms with van der Waals surface area (Å²) >= 11 is 6.01. The second kappa shape index (κ2) is 10.5. The quantitative estimate of drug-likeness (QED) is 0.238. The number of benzene rings is 2. The molecule has 0 saturated heterocycles. The molecule has 0 radical (unpaired) electrons. The van der Waals surface area contributed by atoms with Crippen molar-refractivity contribution in [1.82, 2.24) is 4.98 Å². The lowest BCUT2D eigenvalue weighted by molar-refractivity contribution is 0.0976. The number of rotatable bonds is 10. The third kappa shape index (κ3) is 5.54. The van der Waals surface area contributed by atoms with Gasteiger partial charge in [0.05, 0.1) is 0 Å². The van der Waals surface area contributed by atoms with Gasteiger partial charge in [0.2, 0.25) is 0 Å². The maximum Gasteiger partial charge on any atom is 0.162 e. The molecule has 0 amide bonds. The number of H-pyrrole nitrogens is 1. The number of fused-ring (bicyclic) bond motifs is 3. The van der Waals surface area contributed by atoms with E-state index in [1.54, 1.807) is 0 Å². The molecule has 2 aliphatic carbocycles. The van der Waals surface area contributed by atoms with Gasteiger partial charge in [0.25, 0.3) is 0 Å². The summed E-state index contributed by atoms with van der Waals surface area (Å²) in [6, 6.07) is 16.5. The van der Waals surface area contributed by atoms with Crippen molar-refractivity contribution >= 4 is 28.3 Å². The van der Waals surface area contributed by atoms with E-state index in [0.29, 0.717) is 6.42 Å². The van der Waals surface area contributed by atoms with Crippen LogP contribution in [-0.4, -0.2) is 10.8 Å². The lowest BCUT2D eigenvalue weighted by atomic mass is 9.70. The van der Waals surface area contributed by atoms with Crippen LogP contribution in [0.1, 0.15) is 80.1 Å². The average molecular weight is 462 g/mol. The molecule has 0 spiro atoms. The van der Waals surface area contributed by atoms with Crippen molar-refractivity contribution in [3.63, 3.8) is 0 Å². The maximum atomic E-state index is 12.6. The first-order chi connectivity index (χ1) is 16.2. The predicted molar refractivity (Wildman–Crippen MR) is 138 cm³/mol. The second-order valence-corrected chi connectivity index (χ2v) is 11.0. The largest absolute Gasteiger partial charge is 0.361 e. The second-order valence-electron chi connectivity index (χ2n) is 10.6. The molecule has 1 aromatic heterocycles. The normalized spacial score (nSPS) is 24.4. The van der Waals surface area contributed by atoms with Crippen LogP contribution in [0.5, 0.6) is 0 Å². The molecule has 1 heterocycles. The summed E-state index contributed by atoms with van der Waals surface area (Å²) in [6.45, 7) is 0. The molecule has 1 N–H and O–H groups in total. The summed E-state index contributed by atoms with van der Waals surface area (Å²) < 4.78 is 0. The van der Waals surface area contributed by atoms with Crippen LogP contribution in [0.15, 0.2) is 54.7 Å². The number of halogens is 1. The number of hydrogen-bond acceptors (Lipinski definition) is 1. The summed E-state index contributed by atoms with van der Waals surface area (Å²) in [5.41, 5.74) is 3.33. The monoisotopic (exact) mass is 461 g/mol. The highest BCUT2D eigenvalue weighted by Gasteiger charge is 2.41. The minimum absolute atomic E-state index is 0.288. The highest BCUT2D eigenvalue weighted by molar-refractivity contribution is 6.30. The van der Waals surface area contributed by atoms with Crippen molar-refractivity contribution in [1.29, 1.82) is 0 Å². The Bertz CT molecular complexity index is 1050. The fourth-order valence-electron chi connectivity index (χ4n) is 6.76. The van der Waals surface area contributed by atoms with Crippen molar-refractivity contribution < 1.29 is 4.79 Å². The molecule has 4 atom stereocenters. The van der Waals surface area contributed by atoms with E-state index >= 15 is 0 Å². The van der Waals surface area contributed by atoms with Crippen molar-refractivity contribution in [2.45, 2.75) is 70.6 Å². The molecule has 2 saturated carbocycles. The van der Waals surface area contributed by atoms with Gasteiger partial charge in [0.1, 0.15) is 0 Å². The molecule has 0 aliphatic heterocycles. The first-order valence-corrected chi connectivity index (χ1v) is 13.4. The van der Waals surface area contributed by atoms with E-state index in [-0.39, 0.29) is 5.78 Å². The van der Waals surface area contributed by atoms with Crippen LogP contribution in [-0.2, 0) is 6.42 Å². The van der Waals surface area contributed by atoms with E-state index < -0.39 is 0 Å². The average Bonchev–Trinajstić information content (AvgIpc) is 3.38. The van der Waals surface area contributed by atoms with Gasteiger partial charge in [0.15, 0.2) is 5.78 Å². The van der Waals surface area contributed by atoms with Crippen molar-refractivity contribution in [2.24, 2.45) is 23.7 Å². The van der Waals surface area contributed by atoms with Crippen molar-refractivity contribution in [3.05, 3.63) is 70.9 Å². The first-order valence-electron chi connectivity index (χ1n) is 13.0. The van der Waals surface area contributed by atoms with Gasteiger partial charge in [-0.1, -0.05) is 48.7 Å². The number of ketones is 1. The summed E-state index contributed by atoms with van der Waals surface area (Å²) in [5.74, 6) is 4.04. The SMILES string of the molecule is O=C(CCCC[C@@H]1C[C@H]2CC[C@@H](C1)C2CCCc1ccc(Cl)cc1)c1ccc2cc[nH]c2c1. The molecular weight excluding hydrogens is 426 g/mol. The van der Waals surface area contributed by atoms with Crippen LogP contribution in [0.2, 0.25) is 5.02 Å². The lowest BCUT2D eigenvalue weighted by Crippen LogP contribution is -2.26. The van der Waals surface area contributed by atoms with Crippen LogP contribution in [0.3, 0.4) is 0 Å². The Morgan fingerprint density at radius 2 is 1.70 bits per heavy atom. The van der Waals surface area contributed by atoms with E-state index in [0.717, 1.165) is 46.2 Å². The number of nitrogens with one attached hydrogen (secondary N) is 1. The molecule has 1 unspecified atom stereocenters. The minimum Gasteiger partial charge on any atom is -0.361 e. The molecule has 2 fully saturated rings. The molecule has 2 aliphatic rings. The molecule has 2 aromatic carbocycles. The summed E-state index contributed by atoms with van der Waals surface area (Å²) in [7, 11) is 0. The topological polar surface area (TPSA) is 32.9 Å². The number of aromatic amines is 1. The fourth-order valence-corrected chi connectivity index (χ4v) is 6.89. The van der Waals surface area contributed by atoms with Crippen LogP contribution in [0.25, 0.3) is 10.9 Å². The Morgan fingerprint density at radius 3 is 2.48 bits per heavy atom. The van der Waals surface area contributed by atoms with E-state index in [9.17, 15) is 4.79 Å². The minimum atomic E-state index is 0.288. The predicted octanol–water partition coefficient (Wildman–Crippen LogP) is 8.64.